The fraction of sp³-hybridized carbons (Fsp3) is 0.583. The molecule has 2 aromatic rings. The topological polar surface area (TPSA) is 104 Å². The van der Waals surface area contributed by atoms with Crippen LogP contribution in [0.15, 0.2) is 23.4 Å². The van der Waals surface area contributed by atoms with E-state index in [1.807, 2.05) is 0 Å². The Morgan fingerprint density at radius 1 is 1.12 bits per heavy atom. The van der Waals surface area contributed by atoms with Gasteiger partial charge in [-0.25, -0.2) is 15.0 Å². The van der Waals surface area contributed by atoms with E-state index >= 15 is 0 Å². The Morgan fingerprint density at radius 3 is 2.56 bits per heavy atom. The van der Waals surface area contributed by atoms with E-state index < -0.39 is 10.8 Å². The molecule has 0 bridgehead atoms. The van der Waals surface area contributed by atoms with Crippen LogP contribution in [0.1, 0.15) is 56.5 Å². The third-order valence-corrected chi connectivity index (χ3v) is 9.58. The molecule has 2 aliphatic carbocycles. The molecule has 1 spiro atoms. The number of allylic oxidation sites excluding steroid dienone is 2. The standard InChI is InChI=1S/C24H29ClN6O2S/c25-17-11-26-20(27-12-17)16-4-8-23(9-5-16)13-31(14-23)22-28-18-3-1-10-34(33)19(18)21(29-22)30-24(15-32)6-2-7-24/h4,11-12,32H,1-3,5-10,13-15H2,(H,28,29,30)/t34-/m1/s1. The molecule has 0 aromatic carbocycles. The van der Waals surface area contributed by atoms with Crippen molar-refractivity contribution in [1.82, 2.24) is 19.9 Å². The number of nitrogens with one attached hydrogen (secondary N) is 1. The average molecular weight is 501 g/mol. The highest BCUT2D eigenvalue weighted by molar-refractivity contribution is 7.85. The molecule has 0 radical (unpaired) electrons. The zero-order chi connectivity index (χ0) is 23.3. The summed E-state index contributed by atoms with van der Waals surface area (Å²) in [6.45, 7) is 1.88. The van der Waals surface area contributed by atoms with E-state index in [4.69, 9.17) is 21.6 Å². The SMILES string of the molecule is O=[S@@]1CCCc2nc(N3CC4(CC=C(c5ncc(Cl)cn5)CC4)C3)nc(NC3(CO)CCC3)c21. The number of aliphatic hydroxyl groups is 1. The minimum atomic E-state index is -1.10. The van der Waals surface area contributed by atoms with Crippen molar-refractivity contribution in [3.05, 3.63) is 35.0 Å². The van der Waals surface area contributed by atoms with Crippen molar-refractivity contribution in [2.45, 2.75) is 61.8 Å². The summed E-state index contributed by atoms with van der Waals surface area (Å²) in [6.07, 6.45) is 13.2. The van der Waals surface area contributed by atoms with Crippen LogP contribution in [0.3, 0.4) is 0 Å². The summed E-state index contributed by atoms with van der Waals surface area (Å²) in [6, 6.07) is 0. The maximum Gasteiger partial charge on any atom is 0.227 e. The molecular weight excluding hydrogens is 472 g/mol. The summed E-state index contributed by atoms with van der Waals surface area (Å²) in [7, 11) is -1.10. The van der Waals surface area contributed by atoms with Crippen LogP contribution in [-0.2, 0) is 17.2 Å². The molecule has 0 amide bonds. The smallest absolute Gasteiger partial charge is 0.227 e. The summed E-state index contributed by atoms with van der Waals surface area (Å²) >= 11 is 5.92. The van der Waals surface area contributed by atoms with Gasteiger partial charge < -0.3 is 15.3 Å². The van der Waals surface area contributed by atoms with Gasteiger partial charge in [0.25, 0.3) is 0 Å². The number of nitrogens with zero attached hydrogens (tertiary/aromatic N) is 5. The lowest BCUT2D eigenvalue weighted by Crippen LogP contribution is -2.57. The van der Waals surface area contributed by atoms with Gasteiger partial charge in [0.2, 0.25) is 5.95 Å². The van der Waals surface area contributed by atoms with Crippen molar-refractivity contribution in [1.29, 1.82) is 0 Å². The predicted molar refractivity (Wildman–Crippen MR) is 132 cm³/mol. The quantitative estimate of drug-likeness (QED) is 0.644. The van der Waals surface area contributed by atoms with Gasteiger partial charge in [-0.2, -0.15) is 4.98 Å². The number of hydrogen-bond donors (Lipinski definition) is 2. The van der Waals surface area contributed by atoms with Crippen molar-refractivity contribution in [3.63, 3.8) is 0 Å². The van der Waals surface area contributed by atoms with E-state index in [0.29, 0.717) is 22.5 Å². The van der Waals surface area contributed by atoms with Gasteiger partial charge in [0, 0.05) is 36.7 Å². The normalized spacial score (nSPS) is 24.6. The van der Waals surface area contributed by atoms with Crippen LogP contribution in [-0.4, -0.2) is 60.2 Å². The minimum Gasteiger partial charge on any atom is -0.394 e. The molecule has 4 heterocycles. The van der Waals surface area contributed by atoms with Crippen LogP contribution in [0.2, 0.25) is 5.02 Å². The van der Waals surface area contributed by atoms with Gasteiger partial charge in [-0.15, -0.1) is 0 Å². The lowest BCUT2D eigenvalue weighted by molar-refractivity contribution is 0.143. The van der Waals surface area contributed by atoms with E-state index in [0.717, 1.165) is 80.9 Å². The molecule has 180 valence electrons. The van der Waals surface area contributed by atoms with Gasteiger partial charge in [0.1, 0.15) is 10.7 Å². The number of halogens is 1. The van der Waals surface area contributed by atoms with Crippen LogP contribution in [0.4, 0.5) is 11.8 Å². The van der Waals surface area contributed by atoms with Gasteiger partial charge in [-0.1, -0.05) is 17.7 Å². The summed E-state index contributed by atoms with van der Waals surface area (Å²) in [5.41, 5.74) is 1.97. The fourth-order valence-corrected chi connectivity index (χ4v) is 7.02. The highest BCUT2D eigenvalue weighted by atomic mass is 35.5. The molecule has 4 aliphatic rings. The van der Waals surface area contributed by atoms with Crippen LogP contribution in [0.5, 0.6) is 0 Å². The van der Waals surface area contributed by atoms with Crippen molar-refractivity contribution in [2.75, 3.05) is 35.7 Å². The van der Waals surface area contributed by atoms with E-state index in [1.54, 1.807) is 12.4 Å². The molecular formula is C24H29ClN6O2S. The van der Waals surface area contributed by atoms with E-state index in [2.05, 4.69) is 26.3 Å². The zero-order valence-corrected chi connectivity index (χ0v) is 20.7. The Kier molecular flexibility index (Phi) is 5.61. The first-order valence-electron chi connectivity index (χ1n) is 12.1. The molecule has 2 aromatic heterocycles. The highest BCUT2D eigenvalue weighted by Gasteiger charge is 2.45. The number of hydrogen-bond acceptors (Lipinski definition) is 8. The van der Waals surface area contributed by atoms with Crippen molar-refractivity contribution in [3.8, 4) is 0 Å². The Bertz CT molecular complexity index is 1160. The molecule has 1 saturated carbocycles. The van der Waals surface area contributed by atoms with Crippen molar-refractivity contribution >= 4 is 39.7 Å². The van der Waals surface area contributed by atoms with Crippen LogP contribution >= 0.6 is 11.6 Å². The molecule has 2 N–H and O–H groups in total. The van der Waals surface area contributed by atoms with Crippen LogP contribution in [0.25, 0.3) is 5.57 Å². The summed E-state index contributed by atoms with van der Waals surface area (Å²) < 4.78 is 12.9. The van der Waals surface area contributed by atoms with E-state index in [1.165, 1.54) is 5.57 Å². The maximum absolute atomic E-state index is 12.9. The van der Waals surface area contributed by atoms with E-state index in [9.17, 15) is 9.32 Å². The lowest BCUT2D eigenvalue weighted by atomic mass is 9.69. The second kappa shape index (κ2) is 8.53. The average Bonchev–Trinajstić information content (AvgIpc) is 2.80. The van der Waals surface area contributed by atoms with Gasteiger partial charge in [-0.3, -0.25) is 4.21 Å². The summed E-state index contributed by atoms with van der Waals surface area (Å²) in [5, 5.41) is 14.0. The first kappa shape index (κ1) is 22.4. The Hall–Kier alpha value is -2.10. The first-order chi connectivity index (χ1) is 16.5. The Morgan fingerprint density at radius 2 is 1.91 bits per heavy atom. The number of aryl methyl sites for hydroxylation is 1. The number of aliphatic hydroxyl groups excluding tert-OH is 1. The van der Waals surface area contributed by atoms with Gasteiger partial charge in [0.05, 0.1) is 33.7 Å². The molecule has 34 heavy (non-hydrogen) atoms. The van der Waals surface area contributed by atoms with Crippen LogP contribution in [0, 0.1) is 5.41 Å². The molecule has 1 saturated heterocycles. The Labute approximate surface area is 206 Å². The fourth-order valence-electron chi connectivity index (χ4n) is 5.59. The number of anilines is 2. The van der Waals surface area contributed by atoms with Gasteiger partial charge in [-0.05, 0) is 56.9 Å². The minimum absolute atomic E-state index is 0.0621. The van der Waals surface area contributed by atoms with Crippen molar-refractivity contribution in [2.24, 2.45) is 5.41 Å². The molecule has 6 rings (SSSR count). The third kappa shape index (κ3) is 3.91. The zero-order valence-electron chi connectivity index (χ0n) is 19.1. The number of aromatic nitrogens is 4. The number of rotatable bonds is 5. The summed E-state index contributed by atoms with van der Waals surface area (Å²) in [4.78, 5) is 21.5. The van der Waals surface area contributed by atoms with Gasteiger partial charge >= 0.3 is 0 Å². The number of fused-ring (bicyclic) bond motifs is 1. The molecule has 2 aliphatic heterocycles. The monoisotopic (exact) mass is 500 g/mol. The first-order valence-corrected chi connectivity index (χ1v) is 13.8. The lowest BCUT2D eigenvalue weighted by Gasteiger charge is -2.52. The summed E-state index contributed by atoms with van der Waals surface area (Å²) in [5.74, 6) is 2.80. The largest absolute Gasteiger partial charge is 0.394 e. The second-order valence-electron chi connectivity index (χ2n) is 10.2. The molecule has 2 fully saturated rings. The molecule has 8 nitrogen and oxygen atoms in total. The third-order valence-electron chi connectivity index (χ3n) is 7.84. The second-order valence-corrected chi connectivity index (χ2v) is 12.2. The Balaban J connectivity index is 1.21. The molecule has 0 unspecified atom stereocenters. The maximum atomic E-state index is 12.9. The molecule has 10 heteroatoms. The predicted octanol–water partition coefficient (Wildman–Crippen LogP) is 3.37. The molecule has 1 atom stereocenters. The van der Waals surface area contributed by atoms with Crippen LogP contribution < -0.4 is 10.2 Å². The van der Waals surface area contributed by atoms with E-state index in [-0.39, 0.29) is 17.6 Å². The van der Waals surface area contributed by atoms with Crippen molar-refractivity contribution < 1.29 is 9.32 Å². The highest BCUT2D eigenvalue weighted by Crippen LogP contribution is 2.46. The van der Waals surface area contributed by atoms with Gasteiger partial charge in [0.15, 0.2) is 5.82 Å².